The number of nitrogens with zero attached hydrogens (tertiary/aromatic N) is 3. The van der Waals surface area contributed by atoms with Gasteiger partial charge < -0.3 is 5.73 Å². The molecule has 0 unspecified atom stereocenters. The van der Waals surface area contributed by atoms with Gasteiger partial charge in [-0.2, -0.15) is 5.26 Å². The van der Waals surface area contributed by atoms with Crippen LogP contribution in [0.4, 0.5) is 5.13 Å². The van der Waals surface area contributed by atoms with E-state index >= 15 is 0 Å². The van der Waals surface area contributed by atoms with Crippen molar-refractivity contribution < 1.29 is 0 Å². The summed E-state index contributed by atoms with van der Waals surface area (Å²) in [5.41, 5.74) is 9.00. The zero-order valence-electron chi connectivity index (χ0n) is 12.3. The lowest BCUT2D eigenvalue weighted by Crippen LogP contribution is -2.31. The molecule has 2 heterocycles. The Balaban J connectivity index is 1.66. The van der Waals surface area contributed by atoms with Crippen LogP contribution in [-0.2, 0) is 6.42 Å². The minimum atomic E-state index is 0.467. The first-order valence-corrected chi connectivity index (χ1v) is 8.20. The lowest BCUT2D eigenvalue weighted by molar-refractivity contribution is 0.308. The molecule has 0 radical (unpaired) electrons. The first kappa shape index (κ1) is 14.8. The van der Waals surface area contributed by atoms with Crippen molar-refractivity contribution in [2.45, 2.75) is 12.8 Å². The zero-order valence-corrected chi connectivity index (χ0v) is 13.1. The summed E-state index contributed by atoms with van der Waals surface area (Å²) in [5, 5.41) is 9.67. The lowest BCUT2D eigenvalue weighted by atomic mass is 10.0. The Kier molecular flexibility index (Phi) is 4.52. The number of aromatic nitrogens is 1. The van der Waals surface area contributed by atoms with Gasteiger partial charge in [0, 0.05) is 19.6 Å². The quantitative estimate of drug-likeness (QED) is 0.943. The highest BCUT2D eigenvalue weighted by atomic mass is 32.1. The van der Waals surface area contributed by atoms with Crippen molar-refractivity contribution in [2.75, 3.05) is 25.4 Å². The Morgan fingerprint density at radius 2 is 2.14 bits per heavy atom. The molecule has 0 bridgehead atoms. The molecule has 0 saturated carbocycles. The average Bonchev–Trinajstić information content (AvgIpc) is 2.95. The molecule has 22 heavy (non-hydrogen) atoms. The van der Waals surface area contributed by atoms with Gasteiger partial charge in [0.15, 0.2) is 5.13 Å². The Hall–Kier alpha value is -2.16. The summed E-state index contributed by atoms with van der Waals surface area (Å²) in [7, 11) is 0. The molecule has 1 aliphatic rings. The van der Waals surface area contributed by atoms with E-state index in [-0.39, 0.29) is 0 Å². The molecule has 5 heteroatoms. The van der Waals surface area contributed by atoms with Gasteiger partial charge >= 0.3 is 0 Å². The monoisotopic (exact) mass is 310 g/mol. The highest BCUT2D eigenvalue weighted by molar-refractivity contribution is 7.16. The summed E-state index contributed by atoms with van der Waals surface area (Å²) >= 11 is 1.27. The third kappa shape index (κ3) is 3.35. The van der Waals surface area contributed by atoms with Gasteiger partial charge in [0.2, 0.25) is 0 Å². The molecular weight excluding hydrogens is 292 g/mol. The first-order chi connectivity index (χ1) is 10.8. The van der Waals surface area contributed by atoms with E-state index in [0.717, 1.165) is 43.7 Å². The second-order valence-electron chi connectivity index (χ2n) is 5.37. The van der Waals surface area contributed by atoms with E-state index in [2.05, 4.69) is 46.3 Å². The van der Waals surface area contributed by atoms with Gasteiger partial charge in [-0.25, -0.2) is 4.98 Å². The molecule has 3 rings (SSSR count). The molecular formula is C17H18N4S. The molecule has 0 saturated heterocycles. The number of anilines is 1. The van der Waals surface area contributed by atoms with Crippen LogP contribution in [0.2, 0.25) is 0 Å². The summed E-state index contributed by atoms with van der Waals surface area (Å²) in [6.07, 6.45) is 4.22. The van der Waals surface area contributed by atoms with Gasteiger partial charge in [0.05, 0.1) is 5.69 Å². The minimum absolute atomic E-state index is 0.467. The second-order valence-corrected chi connectivity index (χ2v) is 6.40. The van der Waals surface area contributed by atoms with Crippen LogP contribution in [0.3, 0.4) is 0 Å². The summed E-state index contributed by atoms with van der Waals surface area (Å²) in [5.74, 6) is 0. The van der Waals surface area contributed by atoms with E-state index < -0.39 is 0 Å². The van der Waals surface area contributed by atoms with E-state index in [0.29, 0.717) is 10.0 Å². The zero-order chi connectivity index (χ0) is 15.4. The van der Waals surface area contributed by atoms with Crippen LogP contribution in [0.1, 0.15) is 22.6 Å². The highest BCUT2D eigenvalue weighted by Gasteiger charge is 2.19. The summed E-state index contributed by atoms with van der Waals surface area (Å²) in [4.78, 5) is 7.37. The van der Waals surface area contributed by atoms with Gasteiger partial charge in [-0.3, -0.25) is 4.90 Å². The van der Waals surface area contributed by atoms with Gasteiger partial charge in [-0.15, -0.1) is 0 Å². The second kappa shape index (κ2) is 6.73. The lowest BCUT2D eigenvalue weighted by Gasteiger charge is -2.26. The summed E-state index contributed by atoms with van der Waals surface area (Å²) < 4.78 is 0. The van der Waals surface area contributed by atoms with Gasteiger partial charge in [0.25, 0.3) is 0 Å². The Labute approximate surface area is 134 Å². The Morgan fingerprint density at radius 1 is 1.32 bits per heavy atom. The number of rotatable bonds is 4. The third-order valence-corrected chi connectivity index (χ3v) is 4.63. The molecule has 2 N–H and O–H groups in total. The van der Waals surface area contributed by atoms with Gasteiger partial charge in [-0.1, -0.05) is 47.7 Å². The topological polar surface area (TPSA) is 65.9 Å². The fraction of sp³-hybridized carbons (Fsp3) is 0.294. The first-order valence-electron chi connectivity index (χ1n) is 7.38. The Bertz CT molecular complexity index is 712. The largest absolute Gasteiger partial charge is 0.375 e. The van der Waals surface area contributed by atoms with E-state index in [1.54, 1.807) is 0 Å². The van der Waals surface area contributed by atoms with Crippen molar-refractivity contribution in [2.24, 2.45) is 0 Å². The van der Waals surface area contributed by atoms with Gasteiger partial charge in [-0.05, 0) is 24.0 Å². The number of nitrogens with two attached hydrogens (primary N) is 1. The highest BCUT2D eigenvalue weighted by Crippen LogP contribution is 2.28. The van der Waals surface area contributed by atoms with Crippen molar-refractivity contribution in [3.05, 3.63) is 52.5 Å². The predicted octanol–water partition coefficient (Wildman–Crippen LogP) is 2.93. The van der Waals surface area contributed by atoms with Crippen LogP contribution >= 0.6 is 11.3 Å². The van der Waals surface area contributed by atoms with Crippen LogP contribution in [0.25, 0.3) is 5.57 Å². The number of nitriles is 1. The van der Waals surface area contributed by atoms with E-state index in [1.165, 1.54) is 16.9 Å². The third-order valence-electron chi connectivity index (χ3n) is 3.84. The fourth-order valence-electron chi connectivity index (χ4n) is 2.73. The normalized spacial score (nSPS) is 15.3. The van der Waals surface area contributed by atoms with Crippen molar-refractivity contribution in [1.82, 2.24) is 9.88 Å². The molecule has 112 valence electrons. The maximum atomic E-state index is 9.20. The summed E-state index contributed by atoms with van der Waals surface area (Å²) in [6.45, 7) is 2.91. The van der Waals surface area contributed by atoms with Crippen LogP contribution in [0, 0.1) is 11.3 Å². The molecule has 2 aromatic rings. The maximum absolute atomic E-state index is 9.20. The number of hydrogen-bond acceptors (Lipinski definition) is 5. The fourth-order valence-corrected chi connectivity index (χ4v) is 3.40. The number of benzene rings is 1. The molecule has 0 amide bonds. The number of thiazole rings is 1. The number of hydrogen-bond donors (Lipinski definition) is 1. The van der Waals surface area contributed by atoms with Crippen molar-refractivity contribution in [3.8, 4) is 6.07 Å². The molecule has 0 atom stereocenters. The minimum Gasteiger partial charge on any atom is -0.375 e. The maximum Gasteiger partial charge on any atom is 0.181 e. The van der Waals surface area contributed by atoms with Crippen LogP contribution in [0.15, 0.2) is 36.4 Å². The van der Waals surface area contributed by atoms with Gasteiger partial charge in [0.1, 0.15) is 10.9 Å². The molecule has 0 spiro atoms. The molecule has 0 fully saturated rings. The average molecular weight is 310 g/mol. The van der Waals surface area contributed by atoms with Crippen molar-refractivity contribution in [1.29, 1.82) is 5.26 Å². The van der Waals surface area contributed by atoms with Crippen molar-refractivity contribution in [3.63, 3.8) is 0 Å². The molecule has 1 aromatic carbocycles. The molecule has 4 nitrogen and oxygen atoms in total. The predicted molar refractivity (Wildman–Crippen MR) is 90.4 cm³/mol. The van der Waals surface area contributed by atoms with Crippen LogP contribution in [0.5, 0.6) is 0 Å². The molecule has 1 aliphatic heterocycles. The summed E-state index contributed by atoms with van der Waals surface area (Å²) in [6, 6.07) is 12.7. The van der Waals surface area contributed by atoms with Crippen LogP contribution < -0.4 is 5.73 Å². The van der Waals surface area contributed by atoms with Crippen LogP contribution in [-0.4, -0.2) is 29.5 Å². The standard InChI is InChI=1S/C17H18N4S/c18-11-15-16(20-17(19)22-15)14-7-4-9-21(12-14)10-8-13-5-2-1-3-6-13/h1-3,5-7H,4,8-10,12H2,(H2,19,20). The Morgan fingerprint density at radius 3 is 2.91 bits per heavy atom. The van der Waals surface area contributed by atoms with E-state index in [9.17, 15) is 5.26 Å². The smallest absolute Gasteiger partial charge is 0.181 e. The van der Waals surface area contributed by atoms with Crippen molar-refractivity contribution >= 4 is 22.0 Å². The van der Waals surface area contributed by atoms with E-state index in [4.69, 9.17) is 5.73 Å². The SMILES string of the molecule is N#Cc1sc(N)nc1C1=CCCN(CCc2ccccc2)C1. The van der Waals surface area contributed by atoms with E-state index in [1.807, 2.05) is 6.07 Å². The molecule has 0 aliphatic carbocycles. The molecule has 1 aromatic heterocycles. The number of nitrogen functional groups attached to an aromatic ring is 1.